The number of hydrogen-bond acceptors (Lipinski definition) is 4. The molecule has 0 bridgehead atoms. The van der Waals surface area contributed by atoms with Crippen LogP contribution < -0.4 is 5.32 Å². The Morgan fingerprint density at radius 1 is 1.58 bits per heavy atom. The van der Waals surface area contributed by atoms with Gasteiger partial charge in [-0.1, -0.05) is 13.8 Å². The summed E-state index contributed by atoms with van der Waals surface area (Å²) in [5.41, 5.74) is 0.333. The Morgan fingerprint density at radius 3 is 2.74 bits per heavy atom. The Labute approximate surface area is 112 Å². The van der Waals surface area contributed by atoms with Crippen LogP contribution in [0.3, 0.4) is 0 Å². The molecular formula is C13H19N3O3. The molecule has 1 aliphatic rings. The van der Waals surface area contributed by atoms with Gasteiger partial charge in [-0.15, -0.1) is 0 Å². The van der Waals surface area contributed by atoms with Crippen molar-refractivity contribution < 1.29 is 14.3 Å². The summed E-state index contributed by atoms with van der Waals surface area (Å²) in [6.07, 6.45) is 2.41. The van der Waals surface area contributed by atoms with Crippen molar-refractivity contribution in [3.8, 4) is 0 Å². The molecule has 1 N–H and O–H groups in total. The molecule has 0 spiro atoms. The molecule has 0 aromatic carbocycles. The molecule has 19 heavy (non-hydrogen) atoms. The van der Waals surface area contributed by atoms with Gasteiger partial charge in [0.25, 0.3) is 0 Å². The number of carbonyl (C=O) groups is 2. The number of amides is 1. The molecule has 6 heteroatoms. The number of carbonyl (C=O) groups excluding carboxylic acids is 2. The Hall–Kier alpha value is -1.85. The first kappa shape index (κ1) is 13.6. The van der Waals surface area contributed by atoms with Crippen LogP contribution in [0.15, 0.2) is 6.20 Å². The summed E-state index contributed by atoms with van der Waals surface area (Å²) in [7, 11) is 1.69. The standard InChI is InChI=1S/C13H19N3O3/c1-5-19-12(18)8-7-16(4)15-10(8)14-11(17)9-6-13(9,2)3/h7,9H,5-6H2,1-4H3,(H,14,15,17)/t9-/m0/s1. The maximum Gasteiger partial charge on any atom is 0.343 e. The molecule has 104 valence electrons. The largest absolute Gasteiger partial charge is 0.462 e. The van der Waals surface area contributed by atoms with E-state index in [1.54, 1.807) is 20.2 Å². The summed E-state index contributed by atoms with van der Waals surface area (Å²) >= 11 is 0. The van der Waals surface area contributed by atoms with Crippen molar-refractivity contribution in [2.75, 3.05) is 11.9 Å². The Balaban J connectivity index is 2.12. The molecule has 6 nitrogen and oxygen atoms in total. The summed E-state index contributed by atoms with van der Waals surface area (Å²) in [6, 6.07) is 0. The molecule has 1 atom stereocenters. The van der Waals surface area contributed by atoms with Gasteiger partial charge in [0.1, 0.15) is 5.56 Å². The third kappa shape index (κ3) is 2.77. The lowest BCUT2D eigenvalue weighted by molar-refractivity contribution is -0.118. The van der Waals surface area contributed by atoms with Crippen LogP contribution in [0.5, 0.6) is 0 Å². The highest BCUT2D eigenvalue weighted by Crippen LogP contribution is 2.52. The average molecular weight is 265 g/mol. The minimum Gasteiger partial charge on any atom is -0.462 e. The molecule has 1 aliphatic carbocycles. The molecule has 1 saturated carbocycles. The quantitative estimate of drug-likeness (QED) is 0.839. The number of hydrogen-bond donors (Lipinski definition) is 1. The van der Waals surface area contributed by atoms with E-state index in [2.05, 4.69) is 10.4 Å². The minimum absolute atomic E-state index is 0.00967. The molecule has 0 radical (unpaired) electrons. The smallest absolute Gasteiger partial charge is 0.343 e. The first-order valence-corrected chi connectivity index (χ1v) is 6.37. The van der Waals surface area contributed by atoms with Gasteiger partial charge in [0.2, 0.25) is 5.91 Å². The number of rotatable bonds is 4. The van der Waals surface area contributed by atoms with E-state index in [1.807, 2.05) is 13.8 Å². The van der Waals surface area contributed by atoms with Gasteiger partial charge >= 0.3 is 5.97 Å². The fourth-order valence-corrected chi connectivity index (χ4v) is 2.06. The monoisotopic (exact) mass is 265 g/mol. The lowest BCUT2D eigenvalue weighted by Crippen LogP contribution is -2.19. The number of nitrogens with one attached hydrogen (secondary N) is 1. The number of esters is 1. The van der Waals surface area contributed by atoms with Gasteiger partial charge in [0.15, 0.2) is 5.82 Å². The Kier molecular flexibility index (Phi) is 3.34. The zero-order chi connectivity index (χ0) is 14.2. The van der Waals surface area contributed by atoms with Crippen LogP contribution in [-0.4, -0.2) is 28.3 Å². The van der Waals surface area contributed by atoms with Gasteiger partial charge in [0, 0.05) is 19.2 Å². The van der Waals surface area contributed by atoms with Crippen LogP contribution in [0.25, 0.3) is 0 Å². The van der Waals surface area contributed by atoms with Gasteiger partial charge in [-0.3, -0.25) is 9.48 Å². The summed E-state index contributed by atoms with van der Waals surface area (Å²) in [6.45, 7) is 6.11. The zero-order valence-electron chi connectivity index (χ0n) is 11.7. The topological polar surface area (TPSA) is 73.2 Å². The number of anilines is 1. The number of ether oxygens (including phenoxy) is 1. The van der Waals surface area contributed by atoms with Crippen LogP contribution in [0.2, 0.25) is 0 Å². The molecule has 1 fully saturated rings. The van der Waals surface area contributed by atoms with E-state index >= 15 is 0 Å². The van der Waals surface area contributed by atoms with Gasteiger partial charge < -0.3 is 10.1 Å². The molecule has 1 aromatic heterocycles. The maximum absolute atomic E-state index is 12.0. The van der Waals surface area contributed by atoms with Crippen LogP contribution in [0.4, 0.5) is 5.82 Å². The van der Waals surface area contributed by atoms with Crippen molar-refractivity contribution in [1.82, 2.24) is 9.78 Å². The number of aryl methyl sites for hydroxylation is 1. The fraction of sp³-hybridized carbons (Fsp3) is 0.615. The second-order valence-corrected chi connectivity index (χ2v) is 5.52. The molecule has 0 aliphatic heterocycles. The second kappa shape index (κ2) is 4.68. The third-order valence-electron chi connectivity index (χ3n) is 3.40. The average Bonchev–Trinajstić information content (AvgIpc) is 2.78. The molecule has 1 aromatic rings. The van der Waals surface area contributed by atoms with Gasteiger partial charge in [-0.25, -0.2) is 4.79 Å². The van der Waals surface area contributed by atoms with E-state index in [-0.39, 0.29) is 35.2 Å². The van der Waals surface area contributed by atoms with Gasteiger partial charge in [-0.05, 0) is 18.8 Å². The normalized spacial score (nSPS) is 19.9. The molecule has 1 amide bonds. The Morgan fingerprint density at radius 2 is 2.21 bits per heavy atom. The molecule has 0 saturated heterocycles. The van der Waals surface area contributed by atoms with Crippen molar-refractivity contribution in [1.29, 1.82) is 0 Å². The van der Waals surface area contributed by atoms with Crippen molar-refractivity contribution in [2.45, 2.75) is 27.2 Å². The van der Waals surface area contributed by atoms with Crippen molar-refractivity contribution >= 4 is 17.7 Å². The van der Waals surface area contributed by atoms with Crippen molar-refractivity contribution in [3.63, 3.8) is 0 Å². The first-order valence-electron chi connectivity index (χ1n) is 6.37. The van der Waals surface area contributed by atoms with E-state index in [0.29, 0.717) is 0 Å². The van der Waals surface area contributed by atoms with Crippen LogP contribution in [-0.2, 0) is 16.6 Å². The van der Waals surface area contributed by atoms with E-state index in [4.69, 9.17) is 4.74 Å². The van der Waals surface area contributed by atoms with E-state index in [1.165, 1.54) is 4.68 Å². The number of nitrogens with zero attached hydrogens (tertiary/aromatic N) is 2. The highest BCUT2D eigenvalue weighted by atomic mass is 16.5. The molecule has 0 unspecified atom stereocenters. The number of aromatic nitrogens is 2. The predicted octanol–water partition coefficient (Wildman–Crippen LogP) is 1.58. The summed E-state index contributed by atoms with van der Waals surface area (Å²) in [5.74, 6) is -0.298. The highest BCUT2D eigenvalue weighted by Gasteiger charge is 2.50. The van der Waals surface area contributed by atoms with Gasteiger partial charge in [0.05, 0.1) is 6.61 Å². The van der Waals surface area contributed by atoms with E-state index in [9.17, 15) is 9.59 Å². The summed E-state index contributed by atoms with van der Waals surface area (Å²) in [4.78, 5) is 23.8. The molecule has 2 rings (SSSR count). The second-order valence-electron chi connectivity index (χ2n) is 5.52. The van der Waals surface area contributed by atoms with Crippen LogP contribution in [0.1, 0.15) is 37.6 Å². The highest BCUT2D eigenvalue weighted by molar-refractivity contribution is 6.01. The maximum atomic E-state index is 12.0. The van der Waals surface area contributed by atoms with Crippen molar-refractivity contribution in [2.24, 2.45) is 18.4 Å². The zero-order valence-corrected chi connectivity index (χ0v) is 11.7. The SMILES string of the molecule is CCOC(=O)c1cn(C)nc1NC(=O)[C@@H]1CC1(C)C. The van der Waals surface area contributed by atoms with Gasteiger partial charge in [-0.2, -0.15) is 5.10 Å². The Bertz CT molecular complexity index is 519. The van der Waals surface area contributed by atoms with Crippen molar-refractivity contribution in [3.05, 3.63) is 11.8 Å². The lowest BCUT2D eigenvalue weighted by Gasteiger charge is -2.06. The summed E-state index contributed by atoms with van der Waals surface area (Å²) < 4.78 is 6.42. The fourth-order valence-electron chi connectivity index (χ4n) is 2.06. The minimum atomic E-state index is -0.471. The first-order chi connectivity index (χ1) is 8.85. The molecule has 1 heterocycles. The van der Waals surface area contributed by atoms with Crippen LogP contribution >= 0.6 is 0 Å². The summed E-state index contributed by atoms with van der Waals surface area (Å²) in [5, 5.41) is 6.81. The third-order valence-corrected chi connectivity index (χ3v) is 3.40. The van der Waals surface area contributed by atoms with Crippen LogP contribution in [0, 0.1) is 11.3 Å². The van der Waals surface area contributed by atoms with E-state index < -0.39 is 5.97 Å². The lowest BCUT2D eigenvalue weighted by atomic mass is 10.1. The van der Waals surface area contributed by atoms with E-state index in [0.717, 1.165) is 6.42 Å². The predicted molar refractivity (Wildman–Crippen MR) is 69.7 cm³/mol. The molecular weight excluding hydrogens is 246 g/mol.